The molecule has 98 valence electrons. The van der Waals surface area contributed by atoms with Crippen LogP contribution in [-0.2, 0) is 0 Å². The molecule has 1 aromatic rings. The van der Waals surface area contributed by atoms with Gasteiger partial charge in [0.2, 0.25) is 0 Å². The smallest absolute Gasteiger partial charge is 0.0605 e. The highest BCUT2D eigenvalue weighted by atomic mass is 79.9. The van der Waals surface area contributed by atoms with Crippen LogP contribution in [0.4, 0.5) is 11.4 Å². The fourth-order valence-electron chi connectivity index (χ4n) is 3.28. The lowest BCUT2D eigenvalue weighted by Gasteiger charge is -2.38. The molecule has 1 aromatic carbocycles. The predicted octanol–water partition coefficient (Wildman–Crippen LogP) is 4.40. The van der Waals surface area contributed by atoms with Crippen LogP contribution >= 0.6 is 15.9 Å². The lowest BCUT2D eigenvalue weighted by molar-refractivity contribution is 0.525. The van der Waals surface area contributed by atoms with E-state index >= 15 is 0 Å². The number of fused-ring (bicyclic) bond motifs is 1. The lowest BCUT2D eigenvalue weighted by atomic mass is 10.0. The Kier molecular flexibility index (Phi) is 3.78. The number of anilines is 2. The molecule has 0 bridgehead atoms. The highest BCUT2D eigenvalue weighted by molar-refractivity contribution is 9.10. The average Bonchev–Trinajstić information content (AvgIpc) is 2.66. The van der Waals surface area contributed by atoms with E-state index in [0.29, 0.717) is 0 Å². The van der Waals surface area contributed by atoms with E-state index in [-0.39, 0.29) is 0 Å². The molecule has 1 heterocycles. The SMILES string of the molecule is Brc1ccc2c(c1)NCCN2C1CCCCCC1. The Labute approximate surface area is 118 Å². The van der Waals surface area contributed by atoms with Crippen LogP contribution in [0.1, 0.15) is 38.5 Å². The van der Waals surface area contributed by atoms with Gasteiger partial charge in [-0.15, -0.1) is 0 Å². The van der Waals surface area contributed by atoms with E-state index in [2.05, 4.69) is 44.3 Å². The van der Waals surface area contributed by atoms with E-state index in [0.717, 1.165) is 23.6 Å². The monoisotopic (exact) mass is 308 g/mol. The number of halogens is 1. The minimum absolute atomic E-state index is 0.759. The van der Waals surface area contributed by atoms with Crippen molar-refractivity contribution in [2.24, 2.45) is 0 Å². The van der Waals surface area contributed by atoms with E-state index in [1.165, 1.54) is 49.9 Å². The minimum atomic E-state index is 0.759. The summed E-state index contributed by atoms with van der Waals surface area (Å²) in [5.74, 6) is 0. The van der Waals surface area contributed by atoms with Crippen molar-refractivity contribution in [1.82, 2.24) is 0 Å². The Morgan fingerprint density at radius 2 is 1.89 bits per heavy atom. The normalized spacial score (nSPS) is 21.1. The van der Waals surface area contributed by atoms with E-state index in [9.17, 15) is 0 Å². The van der Waals surface area contributed by atoms with Crippen LogP contribution in [0.15, 0.2) is 22.7 Å². The zero-order valence-corrected chi connectivity index (χ0v) is 12.4. The van der Waals surface area contributed by atoms with Crippen LogP contribution in [-0.4, -0.2) is 19.1 Å². The molecule has 0 unspecified atom stereocenters. The van der Waals surface area contributed by atoms with Gasteiger partial charge in [0.1, 0.15) is 0 Å². The summed E-state index contributed by atoms with van der Waals surface area (Å²) >= 11 is 3.56. The molecular weight excluding hydrogens is 288 g/mol. The maximum absolute atomic E-state index is 3.56. The molecule has 2 aliphatic rings. The van der Waals surface area contributed by atoms with E-state index < -0.39 is 0 Å². The summed E-state index contributed by atoms with van der Waals surface area (Å²) in [6.45, 7) is 2.22. The van der Waals surface area contributed by atoms with Crippen molar-refractivity contribution in [2.45, 2.75) is 44.6 Å². The van der Waals surface area contributed by atoms with Gasteiger partial charge < -0.3 is 10.2 Å². The third kappa shape index (κ3) is 2.51. The number of hydrogen-bond donors (Lipinski definition) is 1. The fourth-order valence-corrected chi connectivity index (χ4v) is 3.64. The molecule has 1 aliphatic heterocycles. The van der Waals surface area contributed by atoms with Gasteiger partial charge >= 0.3 is 0 Å². The first-order valence-electron chi connectivity index (χ1n) is 7.15. The minimum Gasteiger partial charge on any atom is -0.382 e. The molecular formula is C15H21BrN2. The third-order valence-corrected chi connectivity index (χ3v) is 4.69. The zero-order valence-electron chi connectivity index (χ0n) is 10.8. The van der Waals surface area contributed by atoms with Gasteiger partial charge in [-0.05, 0) is 31.0 Å². The van der Waals surface area contributed by atoms with Gasteiger partial charge in [-0.2, -0.15) is 0 Å². The number of nitrogens with one attached hydrogen (secondary N) is 1. The van der Waals surface area contributed by atoms with Crippen LogP contribution in [0.2, 0.25) is 0 Å². The van der Waals surface area contributed by atoms with Gasteiger partial charge in [0.05, 0.1) is 11.4 Å². The maximum atomic E-state index is 3.56. The molecule has 0 saturated heterocycles. The first kappa shape index (κ1) is 12.3. The molecule has 2 nitrogen and oxygen atoms in total. The second-order valence-electron chi connectivity index (χ2n) is 5.43. The Morgan fingerprint density at radius 1 is 1.11 bits per heavy atom. The molecule has 1 fully saturated rings. The van der Waals surface area contributed by atoms with Crippen LogP contribution < -0.4 is 10.2 Å². The van der Waals surface area contributed by atoms with Gasteiger partial charge in [-0.25, -0.2) is 0 Å². The van der Waals surface area contributed by atoms with Gasteiger partial charge in [-0.1, -0.05) is 41.6 Å². The van der Waals surface area contributed by atoms with E-state index in [1.807, 2.05) is 0 Å². The first-order chi connectivity index (χ1) is 8.84. The number of hydrogen-bond acceptors (Lipinski definition) is 2. The highest BCUT2D eigenvalue weighted by Crippen LogP contribution is 2.35. The van der Waals surface area contributed by atoms with Crippen molar-refractivity contribution >= 4 is 27.3 Å². The quantitative estimate of drug-likeness (QED) is 0.773. The number of benzene rings is 1. The molecule has 1 aliphatic carbocycles. The largest absolute Gasteiger partial charge is 0.382 e. The Hall–Kier alpha value is -0.700. The van der Waals surface area contributed by atoms with Crippen molar-refractivity contribution in [3.05, 3.63) is 22.7 Å². The zero-order chi connectivity index (χ0) is 12.4. The standard InChI is InChI=1S/C15H21BrN2/c16-12-7-8-15-14(11-12)17-9-10-18(15)13-5-3-1-2-4-6-13/h7-8,11,13,17H,1-6,9-10H2. The van der Waals surface area contributed by atoms with E-state index in [1.54, 1.807) is 0 Å². The van der Waals surface area contributed by atoms with Crippen molar-refractivity contribution in [3.63, 3.8) is 0 Å². The summed E-state index contributed by atoms with van der Waals surface area (Å²) in [4.78, 5) is 2.64. The van der Waals surface area contributed by atoms with E-state index in [4.69, 9.17) is 0 Å². The first-order valence-corrected chi connectivity index (χ1v) is 7.94. The summed E-state index contributed by atoms with van der Waals surface area (Å²) < 4.78 is 1.16. The van der Waals surface area contributed by atoms with Gasteiger partial charge in [-0.3, -0.25) is 0 Å². The topological polar surface area (TPSA) is 15.3 Å². The average molecular weight is 309 g/mol. The van der Waals surface area contributed by atoms with Crippen LogP contribution in [0.3, 0.4) is 0 Å². The molecule has 3 heteroatoms. The van der Waals surface area contributed by atoms with Crippen LogP contribution in [0.5, 0.6) is 0 Å². The Morgan fingerprint density at radius 3 is 2.67 bits per heavy atom. The molecule has 0 atom stereocenters. The number of rotatable bonds is 1. The highest BCUT2D eigenvalue weighted by Gasteiger charge is 2.24. The molecule has 1 saturated carbocycles. The molecule has 0 radical (unpaired) electrons. The van der Waals surface area contributed by atoms with Crippen LogP contribution in [0, 0.1) is 0 Å². The van der Waals surface area contributed by atoms with Crippen molar-refractivity contribution < 1.29 is 0 Å². The Balaban J connectivity index is 1.85. The second-order valence-corrected chi connectivity index (χ2v) is 6.34. The molecule has 0 aromatic heterocycles. The van der Waals surface area contributed by atoms with Gasteiger partial charge in [0.15, 0.2) is 0 Å². The summed E-state index contributed by atoms with van der Waals surface area (Å²) in [6, 6.07) is 7.39. The predicted molar refractivity (Wildman–Crippen MR) is 81.5 cm³/mol. The third-order valence-electron chi connectivity index (χ3n) is 4.20. The summed E-state index contributed by atoms with van der Waals surface area (Å²) in [5, 5.41) is 3.52. The molecule has 0 amide bonds. The van der Waals surface area contributed by atoms with Crippen molar-refractivity contribution in [1.29, 1.82) is 0 Å². The molecule has 18 heavy (non-hydrogen) atoms. The van der Waals surface area contributed by atoms with Crippen molar-refractivity contribution in [3.8, 4) is 0 Å². The molecule has 1 N–H and O–H groups in total. The molecule has 0 spiro atoms. The fraction of sp³-hybridized carbons (Fsp3) is 0.600. The second kappa shape index (κ2) is 5.52. The van der Waals surface area contributed by atoms with Crippen LogP contribution in [0.25, 0.3) is 0 Å². The maximum Gasteiger partial charge on any atom is 0.0605 e. The lowest BCUT2D eigenvalue weighted by Crippen LogP contribution is -2.41. The molecule has 3 rings (SSSR count). The van der Waals surface area contributed by atoms with Gasteiger partial charge in [0, 0.05) is 23.6 Å². The van der Waals surface area contributed by atoms with Crippen molar-refractivity contribution in [2.75, 3.05) is 23.3 Å². The summed E-state index contributed by atoms with van der Waals surface area (Å²) in [6.07, 6.45) is 8.40. The summed E-state index contributed by atoms with van der Waals surface area (Å²) in [7, 11) is 0. The number of nitrogens with zero attached hydrogens (tertiary/aromatic N) is 1. The van der Waals surface area contributed by atoms with Gasteiger partial charge in [0.25, 0.3) is 0 Å². The Bertz CT molecular complexity index is 411. The summed E-state index contributed by atoms with van der Waals surface area (Å²) in [5.41, 5.74) is 2.69.